The van der Waals surface area contributed by atoms with Gasteiger partial charge in [0.2, 0.25) is 0 Å². The number of carbonyl (C=O) groups excluding carboxylic acids is 1. The maximum absolute atomic E-state index is 13.5. The van der Waals surface area contributed by atoms with Crippen molar-refractivity contribution in [2.45, 2.75) is 43.2 Å². The van der Waals surface area contributed by atoms with E-state index in [1.807, 2.05) is 80.7 Å². The summed E-state index contributed by atoms with van der Waals surface area (Å²) in [7, 11) is 0. The summed E-state index contributed by atoms with van der Waals surface area (Å²) in [6.07, 6.45) is 3.78. The summed E-state index contributed by atoms with van der Waals surface area (Å²) in [5.74, 6) is -0.310. The van der Waals surface area contributed by atoms with Crippen LogP contribution in [0.3, 0.4) is 0 Å². The van der Waals surface area contributed by atoms with Gasteiger partial charge in [0.25, 0.3) is 0 Å². The second kappa shape index (κ2) is 7.10. The van der Waals surface area contributed by atoms with Crippen molar-refractivity contribution in [3.63, 3.8) is 0 Å². The number of rotatable bonds is 5. The summed E-state index contributed by atoms with van der Waals surface area (Å²) in [6, 6.07) is 19.5. The summed E-state index contributed by atoms with van der Waals surface area (Å²) >= 11 is 7.38. The SMILES string of the molecule is CCC1(Cl)C(Cn2cc(C)cn2)OC(=O)C1(c1ccccc1)c1ccccc1. The van der Waals surface area contributed by atoms with Crippen LogP contribution in [-0.4, -0.2) is 26.7 Å². The third-order valence-electron chi connectivity index (χ3n) is 5.73. The topological polar surface area (TPSA) is 44.1 Å². The first-order valence-electron chi connectivity index (χ1n) is 9.52. The maximum Gasteiger partial charge on any atom is 0.323 e. The highest BCUT2D eigenvalue weighted by Crippen LogP contribution is 2.55. The smallest absolute Gasteiger partial charge is 0.323 e. The molecule has 4 rings (SSSR count). The minimum absolute atomic E-state index is 0.310. The number of halogens is 1. The van der Waals surface area contributed by atoms with Gasteiger partial charge in [-0.25, -0.2) is 0 Å². The lowest BCUT2D eigenvalue weighted by molar-refractivity contribution is -0.145. The summed E-state index contributed by atoms with van der Waals surface area (Å²) in [5.41, 5.74) is 1.67. The van der Waals surface area contributed by atoms with Crippen LogP contribution in [0, 0.1) is 6.92 Å². The zero-order valence-corrected chi connectivity index (χ0v) is 16.8. The van der Waals surface area contributed by atoms with Crippen molar-refractivity contribution in [3.05, 3.63) is 89.7 Å². The zero-order valence-electron chi connectivity index (χ0n) is 16.0. The van der Waals surface area contributed by atoms with Crippen molar-refractivity contribution in [1.82, 2.24) is 9.78 Å². The Morgan fingerprint density at radius 1 is 1.07 bits per heavy atom. The van der Waals surface area contributed by atoms with Crippen LogP contribution in [-0.2, 0) is 21.5 Å². The number of carbonyl (C=O) groups is 1. The molecule has 0 radical (unpaired) electrons. The number of esters is 1. The van der Waals surface area contributed by atoms with Crippen LogP contribution in [0.25, 0.3) is 0 Å². The van der Waals surface area contributed by atoms with Crippen LogP contribution in [0.5, 0.6) is 0 Å². The maximum atomic E-state index is 13.5. The molecule has 2 aromatic carbocycles. The van der Waals surface area contributed by atoms with Crippen molar-refractivity contribution < 1.29 is 9.53 Å². The molecule has 1 fully saturated rings. The molecular formula is C23H23ClN2O2. The predicted molar refractivity (Wildman–Crippen MR) is 109 cm³/mol. The second-order valence-corrected chi connectivity index (χ2v) is 8.01. The lowest BCUT2D eigenvalue weighted by atomic mass is 9.64. The van der Waals surface area contributed by atoms with Gasteiger partial charge in [-0.1, -0.05) is 67.6 Å². The van der Waals surface area contributed by atoms with Crippen molar-refractivity contribution in [2.75, 3.05) is 0 Å². The molecule has 0 aliphatic carbocycles. The first-order valence-corrected chi connectivity index (χ1v) is 9.90. The van der Waals surface area contributed by atoms with E-state index in [2.05, 4.69) is 5.10 Å². The number of aryl methyl sites for hydroxylation is 1. The molecule has 3 aromatic rings. The van der Waals surface area contributed by atoms with Crippen molar-refractivity contribution in [1.29, 1.82) is 0 Å². The molecule has 0 bridgehead atoms. The van der Waals surface area contributed by atoms with Gasteiger partial charge in [-0.3, -0.25) is 9.48 Å². The van der Waals surface area contributed by atoms with E-state index in [9.17, 15) is 4.79 Å². The van der Waals surface area contributed by atoms with Gasteiger partial charge in [0, 0.05) is 6.20 Å². The molecule has 1 aliphatic heterocycles. The van der Waals surface area contributed by atoms with Crippen LogP contribution in [0.2, 0.25) is 0 Å². The standard InChI is InChI=1S/C23H23ClN2O2/c1-3-22(24)20(16-26-15-17(2)14-25-26)28-21(27)23(22,18-10-6-4-7-11-18)19-12-8-5-9-13-19/h4-15,20H,3,16H2,1-2H3. The molecular weight excluding hydrogens is 372 g/mol. The van der Waals surface area contributed by atoms with E-state index < -0.39 is 16.4 Å². The predicted octanol–water partition coefficient (Wildman–Crippen LogP) is 4.49. The van der Waals surface area contributed by atoms with E-state index in [1.165, 1.54) is 0 Å². The van der Waals surface area contributed by atoms with E-state index in [0.29, 0.717) is 13.0 Å². The van der Waals surface area contributed by atoms with Crippen LogP contribution in [0.15, 0.2) is 73.1 Å². The van der Waals surface area contributed by atoms with Crippen molar-refractivity contribution in [2.24, 2.45) is 0 Å². The summed E-state index contributed by atoms with van der Waals surface area (Å²) in [5, 5.41) is 4.36. The van der Waals surface area contributed by atoms with Crippen LogP contribution >= 0.6 is 11.6 Å². The third-order valence-corrected chi connectivity index (χ3v) is 6.53. The molecule has 1 saturated heterocycles. The average Bonchev–Trinajstić information content (AvgIpc) is 3.23. The number of nitrogens with zero attached hydrogens (tertiary/aromatic N) is 2. The third kappa shape index (κ3) is 2.67. The Morgan fingerprint density at radius 3 is 2.11 bits per heavy atom. The quantitative estimate of drug-likeness (QED) is 0.473. The monoisotopic (exact) mass is 394 g/mol. The van der Waals surface area contributed by atoms with Crippen LogP contribution in [0.1, 0.15) is 30.0 Å². The zero-order chi connectivity index (χ0) is 19.8. The van der Waals surface area contributed by atoms with Crippen LogP contribution < -0.4 is 0 Å². The molecule has 1 aromatic heterocycles. The number of aromatic nitrogens is 2. The Morgan fingerprint density at radius 2 is 1.64 bits per heavy atom. The molecule has 0 amide bonds. The molecule has 0 saturated carbocycles. The number of cyclic esters (lactones) is 1. The fourth-order valence-corrected chi connectivity index (χ4v) is 4.80. The molecule has 4 nitrogen and oxygen atoms in total. The van der Waals surface area contributed by atoms with E-state index in [4.69, 9.17) is 16.3 Å². The number of hydrogen-bond donors (Lipinski definition) is 0. The Hall–Kier alpha value is -2.59. The molecule has 0 N–H and O–H groups in total. The number of ether oxygens (including phenoxy) is 1. The molecule has 5 heteroatoms. The minimum Gasteiger partial charge on any atom is -0.457 e. The molecule has 28 heavy (non-hydrogen) atoms. The van der Waals surface area contributed by atoms with E-state index in [1.54, 1.807) is 10.9 Å². The second-order valence-electron chi connectivity index (χ2n) is 7.33. The highest BCUT2D eigenvalue weighted by Gasteiger charge is 2.68. The average molecular weight is 395 g/mol. The largest absolute Gasteiger partial charge is 0.457 e. The summed E-state index contributed by atoms with van der Waals surface area (Å²) in [4.78, 5) is 12.6. The highest BCUT2D eigenvalue weighted by molar-refractivity contribution is 6.29. The van der Waals surface area contributed by atoms with Gasteiger partial charge in [0.1, 0.15) is 16.4 Å². The normalized spacial score (nSPS) is 23.5. The molecule has 2 atom stereocenters. The fourth-order valence-electron chi connectivity index (χ4n) is 4.39. The number of hydrogen-bond acceptors (Lipinski definition) is 3. The Labute approximate surface area is 170 Å². The van der Waals surface area contributed by atoms with E-state index in [-0.39, 0.29) is 5.97 Å². The van der Waals surface area contributed by atoms with Gasteiger partial charge < -0.3 is 4.74 Å². The molecule has 2 heterocycles. The van der Waals surface area contributed by atoms with Crippen molar-refractivity contribution in [3.8, 4) is 0 Å². The van der Waals surface area contributed by atoms with Gasteiger partial charge in [-0.2, -0.15) is 5.10 Å². The van der Waals surface area contributed by atoms with Gasteiger partial charge in [-0.15, -0.1) is 11.6 Å². The van der Waals surface area contributed by atoms with Crippen LogP contribution in [0.4, 0.5) is 0 Å². The summed E-state index contributed by atoms with van der Waals surface area (Å²) < 4.78 is 7.77. The Balaban J connectivity index is 1.90. The fraction of sp³-hybridized carbons (Fsp3) is 0.304. The Bertz CT molecular complexity index is 931. The summed E-state index contributed by atoms with van der Waals surface area (Å²) in [6.45, 7) is 4.41. The highest BCUT2D eigenvalue weighted by atomic mass is 35.5. The van der Waals surface area contributed by atoms with E-state index >= 15 is 0 Å². The lowest BCUT2D eigenvalue weighted by Gasteiger charge is -2.40. The van der Waals surface area contributed by atoms with Gasteiger partial charge >= 0.3 is 5.97 Å². The first kappa shape index (κ1) is 18.8. The number of benzene rings is 2. The van der Waals surface area contributed by atoms with Gasteiger partial charge in [0.05, 0.1) is 12.7 Å². The van der Waals surface area contributed by atoms with E-state index in [0.717, 1.165) is 16.7 Å². The Kier molecular flexibility index (Phi) is 4.76. The first-order chi connectivity index (χ1) is 13.5. The lowest BCUT2D eigenvalue weighted by Crippen LogP contribution is -2.53. The number of alkyl halides is 1. The molecule has 144 valence electrons. The molecule has 2 unspecified atom stereocenters. The minimum atomic E-state index is -1.08. The molecule has 0 spiro atoms. The van der Waals surface area contributed by atoms with Gasteiger partial charge in [0.15, 0.2) is 0 Å². The molecule has 1 aliphatic rings. The van der Waals surface area contributed by atoms with Crippen molar-refractivity contribution >= 4 is 17.6 Å². The van der Waals surface area contributed by atoms with Gasteiger partial charge in [-0.05, 0) is 30.0 Å².